The summed E-state index contributed by atoms with van der Waals surface area (Å²) in [6, 6.07) is 10.5. The Morgan fingerprint density at radius 2 is 2.05 bits per heavy atom. The summed E-state index contributed by atoms with van der Waals surface area (Å²) in [5, 5.41) is 4.42. The highest BCUT2D eigenvalue weighted by Crippen LogP contribution is 2.25. The normalized spacial score (nSPS) is 12.6. The van der Waals surface area contributed by atoms with Crippen LogP contribution in [0.4, 0.5) is 0 Å². The predicted octanol–water partition coefficient (Wildman–Crippen LogP) is 3.34. The second-order valence-electron chi connectivity index (χ2n) is 4.71. The molecule has 1 heterocycles. The van der Waals surface area contributed by atoms with E-state index in [1.807, 2.05) is 12.3 Å². The van der Waals surface area contributed by atoms with Gasteiger partial charge < -0.3 is 5.73 Å². The Bertz CT molecular complexity index is 507. The van der Waals surface area contributed by atoms with Crippen LogP contribution in [0.25, 0.3) is 0 Å². The minimum atomic E-state index is 0.338. The maximum Gasteiger partial charge on any atom is 0.0635 e. The van der Waals surface area contributed by atoms with Crippen molar-refractivity contribution >= 4 is 15.9 Å². The van der Waals surface area contributed by atoms with Gasteiger partial charge in [-0.1, -0.05) is 37.3 Å². The van der Waals surface area contributed by atoms with Gasteiger partial charge in [-0.05, 0) is 40.9 Å². The molecule has 0 aliphatic carbocycles. The molecule has 19 heavy (non-hydrogen) atoms. The van der Waals surface area contributed by atoms with Gasteiger partial charge in [0.1, 0.15) is 0 Å². The third kappa shape index (κ3) is 3.45. The smallest absolute Gasteiger partial charge is 0.0635 e. The van der Waals surface area contributed by atoms with E-state index in [0.717, 1.165) is 23.9 Å². The van der Waals surface area contributed by atoms with Crippen molar-refractivity contribution in [3.63, 3.8) is 0 Å². The number of nitrogens with zero attached hydrogens (tertiary/aromatic N) is 2. The van der Waals surface area contributed by atoms with E-state index in [1.54, 1.807) is 0 Å². The van der Waals surface area contributed by atoms with Crippen LogP contribution >= 0.6 is 15.9 Å². The lowest BCUT2D eigenvalue weighted by Gasteiger charge is -2.16. The minimum Gasteiger partial charge on any atom is -0.330 e. The third-order valence-electron chi connectivity index (χ3n) is 3.33. The molecular formula is C15H20BrN3. The van der Waals surface area contributed by atoms with Crippen molar-refractivity contribution in [2.24, 2.45) is 5.73 Å². The number of benzene rings is 1. The molecule has 0 radical (unpaired) electrons. The SMILES string of the molecule is CCCn1ncc(Br)c1CC(CN)c1ccccc1. The third-order valence-corrected chi connectivity index (χ3v) is 3.99. The molecule has 3 nitrogen and oxygen atoms in total. The number of aryl methyl sites for hydroxylation is 1. The van der Waals surface area contributed by atoms with Crippen molar-refractivity contribution in [3.05, 3.63) is 52.3 Å². The summed E-state index contributed by atoms with van der Waals surface area (Å²) in [6.45, 7) is 3.76. The molecule has 0 amide bonds. The molecule has 2 rings (SSSR count). The van der Waals surface area contributed by atoms with Crippen LogP contribution in [0.5, 0.6) is 0 Å². The number of rotatable bonds is 6. The zero-order valence-electron chi connectivity index (χ0n) is 11.2. The molecule has 1 atom stereocenters. The van der Waals surface area contributed by atoms with Gasteiger partial charge in [0.15, 0.2) is 0 Å². The molecule has 0 fully saturated rings. The molecule has 2 aromatic rings. The van der Waals surface area contributed by atoms with Crippen LogP contribution in [0, 0.1) is 0 Å². The van der Waals surface area contributed by atoms with Crippen molar-refractivity contribution in [1.82, 2.24) is 9.78 Å². The van der Waals surface area contributed by atoms with Crippen LogP contribution in [0.1, 0.15) is 30.5 Å². The topological polar surface area (TPSA) is 43.8 Å². The Morgan fingerprint density at radius 1 is 1.32 bits per heavy atom. The van der Waals surface area contributed by atoms with Crippen LogP contribution in [-0.2, 0) is 13.0 Å². The summed E-state index contributed by atoms with van der Waals surface area (Å²) in [5.41, 5.74) is 8.48. The van der Waals surface area contributed by atoms with E-state index in [9.17, 15) is 0 Å². The summed E-state index contributed by atoms with van der Waals surface area (Å²) in [5.74, 6) is 0.338. The van der Waals surface area contributed by atoms with Gasteiger partial charge in [-0.25, -0.2) is 0 Å². The molecule has 0 aliphatic rings. The lowest BCUT2D eigenvalue weighted by molar-refractivity contribution is 0.551. The highest BCUT2D eigenvalue weighted by molar-refractivity contribution is 9.10. The minimum absolute atomic E-state index is 0.338. The van der Waals surface area contributed by atoms with Gasteiger partial charge in [0.2, 0.25) is 0 Å². The highest BCUT2D eigenvalue weighted by Gasteiger charge is 2.16. The Hall–Kier alpha value is -1.13. The van der Waals surface area contributed by atoms with E-state index < -0.39 is 0 Å². The van der Waals surface area contributed by atoms with Crippen molar-refractivity contribution in [3.8, 4) is 0 Å². The number of nitrogens with two attached hydrogens (primary N) is 1. The summed E-state index contributed by atoms with van der Waals surface area (Å²) < 4.78 is 3.16. The fourth-order valence-corrected chi connectivity index (χ4v) is 2.75. The quantitative estimate of drug-likeness (QED) is 0.886. The molecule has 1 unspecified atom stereocenters. The fraction of sp³-hybridized carbons (Fsp3) is 0.400. The van der Waals surface area contributed by atoms with Crippen molar-refractivity contribution in [1.29, 1.82) is 0 Å². The Balaban J connectivity index is 2.21. The van der Waals surface area contributed by atoms with Gasteiger partial charge >= 0.3 is 0 Å². The molecule has 1 aromatic heterocycles. The van der Waals surface area contributed by atoms with E-state index >= 15 is 0 Å². The molecule has 2 N–H and O–H groups in total. The largest absolute Gasteiger partial charge is 0.330 e. The highest BCUT2D eigenvalue weighted by atomic mass is 79.9. The van der Waals surface area contributed by atoms with Crippen LogP contribution in [0.3, 0.4) is 0 Å². The summed E-state index contributed by atoms with van der Waals surface area (Å²) >= 11 is 3.59. The van der Waals surface area contributed by atoms with Crippen molar-refractivity contribution in [2.45, 2.75) is 32.2 Å². The van der Waals surface area contributed by atoms with Gasteiger partial charge in [0.25, 0.3) is 0 Å². The van der Waals surface area contributed by atoms with Crippen LogP contribution < -0.4 is 5.73 Å². The van der Waals surface area contributed by atoms with E-state index in [1.165, 1.54) is 11.3 Å². The lowest BCUT2D eigenvalue weighted by atomic mass is 9.94. The molecule has 102 valence electrons. The van der Waals surface area contributed by atoms with E-state index in [0.29, 0.717) is 12.5 Å². The molecule has 0 saturated heterocycles. The van der Waals surface area contributed by atoms with Gasteiger partial charge in [0.05, 0.1) is 16.4 Å². The number of hydrogen-bond acceptors (Lipinski definition) is 2. The first-order valence-electron chi connectivity index (χ1n) is 6.71. The van der Waals surface area contributed by atoms with Crippen LogP contribution in [0.15, 0.2) is 41.0 Å². The van der Waals surface area contributed by atoms with E-state index in [4.69, 9.17) is 5.73 Å². The molecule has 1 aromatic carbocycles. The van der Waals surface area contributed by atoms with E-state index in [2.05, 4.69) is 56.9 Å². The molecule has 0 aliphatic heterocycles. The van der Waals surface area contributed by atoms with E-state index in [-0.39, 0.29) is 0 Å². The molecule has 4 heteroatoms. The lowest BCUT2D eigenvalue weighted by Crippen LogP contribution is -2.17. The second kappa shape index (κ2) is 6.87. The number of hydrogen-bond donors (Lipinski definition) is 1. The molecule has 0 spiro atoms. The predicted molar refractivity (Wildman–Crippen MR) is 82.2 cm³/mol. The zero-order chi connectivity index (χ0) is 13.7. The monoisotopic (exact) mass is 321 g/mol. The summed E-state index contributed by atoms with van der Waals surface area (Å²) in [7, 11) is 0. The number of halogens is 1. The van der Waals surface area contributed by atoms with Gasteiger partial charge in [0, 0.05) is 12.5 Å². The zero-order valence-corrected chi connectivity index (χ0v) is 12.8. The first kappa shape index (κ1) is 14.3. The summed E-state index contributed by atoms with van der Waals surface area (Å²) in [6.07, 6.45) is 3.88. The second-order valence-corrected chi connectivity index (χ2v) is 5.56. The average Bonchev–Trinajstić information content (AvgIpc) is 2.78. The molecule has 0 bridgehead atoms. The van der Waals surface area contributed by atoms with Crippen LogP contribution in [-0.4, -0.2) is 16.3 Å². The fourth-order valence-electron chi connectivity index (χ4n) is 2.29. The van der Waals surface area contributed by atoms with Gasteiger partial charge in [-0.15, -0.1) is 0 Å². The maximum absolute atomic E-state index is 5.95. The summed E-state index contributed by atoms with van der Waals surface area (Å²) in [4.78, 5) is 0. The molecular weight excluding hydrogens is 302 g/mol. The average molecular weight is 322 g/mol. The Kier molecular flexibility index (Phi) is 5.16. The molecule has 0 saturated carbocycles. The standard InChI is InChI=1S/C15H20BrN3/c1-2-8-19-15(14(16)11-18-19)9-13(10-17)12-6-4-3-5-7-12/h3-7,11,13H,2,8-10,17H2,1H3. The Labute approximate surface area is 122 Å². The number of aromatic nitrogens is 2. The van der Waals surface area contributed by atoms with Crippen LogP contribution in [0.2, 0.25) is 0 Å². The van der Waals surface area contributed by atoms with Crippen molar-refractivity contribution in [2.75, 3.05) is 6.54 Å². The van der Waals surface area contributed by atoms with Gasteiger partial charge in [-0.2, -0.15) is 5.10 Å². The maximum atomic E-state index is 5.95. The first-order chi connectivity index (χ1) is 9.26. The van der Waals surface area contributed by atoms with Gasteiger partial charge in [-0.3, -0.25) is 4.68 Å². The first-order valence-corrected chi connectivity index (χ1v) is 7.50. The van der Waals surface area contributed by atoms with Crippen molar-refractivity contribution < 1.29 is 0 Å². The Morgan fingerprint density at radius 3 is 2.68 bits per heavy atom.